The Hall–Kier alpha value is -3.07. The Labute approximate surface area is 147 Å². The van der Waals surface area contributed by atoms with Crippen LogP contribution in [0.1, 0.15) is 34.1 Å². The molecule has 0 bridgehead atoms. The maximum atomic E-state index is 13.1. The zero-order valence-corrected chi connectivity index (χ0v) is 14.1. The molecule has 1 unspecified atom stereocenters. The van der Waals surface area contributed by atoms with Crippen molar-refractivity contribution >= 4 is 33.7 Å². The Balaban J connectivity index is 1.78. The van der Waals surface area contributed by atoms with Crippen LogP contribution < -0.4 is 0 Å². The van der Waals surface area contributed by atoms with Gasteiger partial charge in [0.1, 0.15) is 0 Å². The molecule has 132 valence electrons. The van der Waals surface area contributed by atoms with Crippen LogP contribution in [0.15, 0.2) is 46.4 Å². The van der Waals surface area contributed by atoms with E-state index in [0.29, 0.717) is 0 Å². The average molecular weight is 374 g/mol. The number of carbonyl (C=O) groups excluding carboxylic acids is 4. The third-order valence-electron chi connectivity index (χ3n) is 4.65. The van der Waals surface area contributed by atoms with Crippen molar-refractivity contribution in [2.24, 2.45) is 0 Å². The van der Waals surface area contributed by atoms with E-state index in [9.17, 15) is 27.6 Å². The zero-order valence-electron chi connectivity index (χ0n) is 13.3. The van der Waals surface area contributed by atoms with Gasteiger partial charge in [-0.15, -0.1) is 0 Å². The number of esters is 4. The second-order valence-corrected chi connectivity index (χ2v) is 8.69. The molecule has 0 saturated heterocycles. The molecule has 1 aromatic rings. The van der Waals surface area contributed by atoms with E-state index in [1.165, 1.54) is 31.2 Å². The van der Waals surface area contributed by atoms with Crippen LogP contribution in [0.5, 0.6) is 0 Å². The summed E-state index contributed by atoms with van der Waals surface area (Å²) in [6.45, 7) is 1.40. The van der Waals surface area contributed by atoms with Crippen LogP contribution in [-0.2, 0) is 28.9 Å². The Kier molecular flexibility index (Phi) is 3.14. The summed E-state index contributed by atoms with van der Waals surface area (Å²) in [6.07, 6.45) is 2.33. The Morgan fingerprint density at radius 3 is 2.31 bits per heavy atom. The average Bonchev–Trinajstić information content (AvgIpc) is 3.03. The Morgan fingerprint density at radius 2 is 1.58 bits per heavy atom. The summed E-state index contributed by atoms with van der Waals surface area (Å²) in [6, 6.07) is 3.50. The maximum Gasteiger partial charge on any atom is 0.346 e. The van der Waals surface area contributed by atoms with Gasteiger partial charge in [-0.1, -0.05) is 6.08 Å². The number of carbonyl (C=O) groups is 4. The van der Waals surface area contributed by atoms with E-state index in [1.54, 1.807) is 0 Å². The van der Waals surface area contributed by atoms with Gasteiger partial charge in [0.15, 0.2) is 9.84 Å². The largest absolute Gasteiger partial charge is 0.386 e. The van der Waals surface area contributed by atoms with Crippen molar-refractivity contribution in [2.45, 2.75) is 23.0 Å². The second-order valence-electron chi connectivity index (χ2n) is 6.28. The van der Waals surface area contributed by atoms with E-state index in [2.05, 4.69) is 9.47 Å². The lowest BCUT2D eigenvalue weighted by Crippen LogP contribution is -2.36. The maximum absolute atomic E-state index is 13.1. The molecule has 9 heteroatoms. The van der Waals surface area contributed by atoms with Gasteiger partial charge in [0, 0.05) is 6.42 Å². The summed E-state index contributed by atoms with van der Waals surface area (Å²) in [5, 5.41) is 0. The van der Waals surface area contributed by atoms with Crippen LogP contribution in [0.2, 0.25) is 0 Å². The van der Waals surface area contributed by atoms with Gasteiger partial charge < -0.3 is 9.47 Å². The van der Waals surface area contributed by atoms with Crippen LogP contribution in [0.25, 0.3) is 0 Å². The van der Waals surface area contributed by atoms with E-state index in [1.807, 2.05) is 0 Å². The standard InChI is InChI=1S/C17H10O8S/c1-17(5-4-10-12(7-17)16(21)25-14(10)19)26(22,23)8-2-3-9-11(6-8)15(20)24-13(9)18/h2-6H,7H2,1H3. The van der Waals surface area contributed by atoms with Gasteiger partial charge in [0.05, 0.1) is 31.9 Å². The number of hydrogen-bond donors (Lipinski definition) is 0. The van der Waals surface area contributed by atoms with Gasteiger partial charge >= 0.3 is 23.9 Å². The summed E-state index contributed by atoms with van der Waals surface area (Å²) in [5.41, 5.74) is -0.0896. The van der Waals surface area contributed by atoms with Crippen molar-refractivity contribution in [2.75, 3.05) is 0 Å². The first-order valence-electron chi connectivity index (χ1n) is 7.48. The summed E-state index contributed by atoms with van der Waals surface area (Å²) in [4.78, 5) is 46.3. The molecule has 26 heavy (non-hydrogen) atoms. The first-order chi connectivity index (χ1) is 12.1. The molecule has 0 fully saturated rings. The molecular weight excluding hydrogens is 364 g/mol. The van der Waals surface area contributed by atoms with Crippen LogP contribution in [-0.4, -0.2) is 37.0 Å². The van der Waals surface area contributed by atoms with E-state index >= 15 is 0 Å². The van der Waals surface area contributed by atoms with Gasteiger partial charge in [-0.2, -0.15) is 0 Å². The third-order valence-corrected chi connectivity index (χ3v) is 7.03. The van der Waals surface area contributed by atoms with Crippen molar-refractivity contribution < 1.29 is 37.1 Å². The van der Waals surface area contributed by atoms with Crippen LogP contribution in [0.3, 0.4) is 0 Å². The third kappa shape index (κ3) is 2.03. The highest BCUT2D eigenvalue weighted by atomic mass is 32.2. The molecule has 1 aromatic carbocycles. The van der Waals surface area contributed by atoms with E-state index in [4.69, 9.17) is 0 Å². The Bertz CT molecular complexity index is 1110. The molecule has 1 atom stereocenters. The fourth-order valence-corrected chi connectivity index (χ4v) is 4.77. The highest BCUT2D eigenvalue weighted by molar-refractivity contribution is 7.93. The topological polar surface area (TPSA) is 121 Å². The van der Waals surface area contributed by atoms with Crippen LogP contribution >= 0.6 is 0 Å². The monoisotopic (exact) mass is 374 g/mol. The minimum Gasteiger partial charge on any atom is -0.386 e. The molecule has 4 rings (SSSR count). The molecule has 0 radical (unpaired) electrons. The normalized spacial score (nSPS) is 24.5. The molecule has 0 N–H and O–H groups in total. The molecule has 0 spiro atoms. The van der Waals surface area contributed by atoms with Gasteiger partial charge in [0.2, 0.25) is 0 Å². The molecule has 2 aliphatic heterocycles. The van der Waals surface area contributed by atoms with Crippen molar-refractivity contribution in [3.8, 4) is 0 Å². The van der Waals surface area contributed by atoms with Gasteiger partial charge in [0.25, 0.3) is 0 Å². The lowest BCUT2D eigenvalue weighted by atomic mass is 9.91. The number of benzene rings is 1. The highest BCUT2D eigenvalue weighted by Crippen LogP contribution is 2.40. The molecule has 0 saturated carbocycles. The number of ether oxygens (including phenoxy) is 2. The molecule has 3 aliphatic rings. The van der Waals surface area contributed by atoms with Crippen LogP contribution in [0, 0.1) is 0 Å². The fraction of sp³-hybridized carbons (Fsp3) is 0.176. The number of cyclic esters (lactones) is 4. The second kappa shape index (κ2) is 4.98. The summed E-state index contributed by atoms with van der Waals surface area (Å²) in [7, 11) is -4.06. The lowest BCUT2D eigenvalue weighted by Gasteiger charge is -2.28. The molecule has 0 aromatic heterocycles. The van der Waals surface area contributed by atoms with Crippen molar-refractivity contribution in [1.29, 1.82) is 0 Å². The molecule has 8 nitrogen and oxygen atoms in total. The van der Waals surface area contributed by atoms with Crippen molar-refractivity contribution in [1.82, 2.24) is 0 Å². The molecular formula is C17H10O8S. The van der Waals surface area contributed by atoms with Gasteiger partial charge in [-0.25, -0.2) is 27.6 Å². The molecule has 2 heterocycles. The smallest absolute Gasteiger partial charge is 0.346 e. The van der Waals surface area contributed by atoms with Crippen molar-refractivity contribution in [3.05, 3.63) is 52.6 Å². The lowest BCUT2D eigenvalue weighted by molar-refractivity contribution is -0.151. The number of rotatable bonds is 2. The van der Waals surface area contributed by atoms with Gasteiger partial charge in [-0.3, -0.25) is 0 Å². The van der Waals surface area contributed by atoms with E-state index in [0.717, 1.165) is 6.07 Å². The predicted octanol–water partition coefficient (Wildman–Crippen LogP) is 0.870. The highest BCUT2D eigenvalue weighted by Gasteiger charge is 2.47. The first-order valence-corrected chi connectivity index (χ1v) is 8.96. The number of hydrogen-bond acceptors (Lipinski definition) is 8. The summed E-state index contributed by atoms with van der Waals surface area (Å²) in [5.74, 6) is -3.42. The van der Waals surface area contributed by atoms with E-state index < -0.39 is 38.5 Å². The predicted molar refractivity (Wildman–Crippen MR) is 83.7 cm³/mol. The number of sulfone groups is 1. The molecule has 0 amide bonds. The quantitative estimate of drug-likeness (QED) is 0.552. The first kappa shape index (κ1) is 16.4. The minimum atomic E-state index is -4.06. The fourth-order valence-electron chi connectivity index (χ4n) is 3.12. The molecule has 1 aliphatic carbocycles. The van der Waals surface area contributed by atoms with Gasteiger partial charge in [-0.05, 0) is 31.2 Å². The van der Waals surface area contributed by atoms with Crippen LogP contribution in [0.4, 0.5) is 0 Å². The van der Waals surface area contributed by atoms with Crippen molar-refractivity contribution in [3.63, 3.8) is 0 Å². The zero-order chi connectivity index (χ0) is 18.9. The SMILES string of the molecule is CC1(S(=O)(=O)c2ccc3c(c2)C(=O)OC3=O)C=CC2=C(C1)C(=O)OC2=O. The van der Waals surface area contributed by atoms with E-state index in [-0.39, 0.29) is 33.6 Å². The minimum absolute atomic E-state index is 0.000627. The number of fused-ring (bicyclic) bond motifs is 1. The Morgan fingerprint density at radius 1 is 0.923 bits per heavy atom. The summed E-state index contributed by atoms with van der Waals surface area (Å²) < 4.78 is 33.7. The summed E-state index contributed by atoms with van der Waals surface area (Å²) >= 11 is 0.